The third kappa shape index (κ3) is 5.04. The second kappa shape index (κ2) is 9.71. The lowest BCUT2D eigenvalue weighted by atomic mass is 9.86. The Morgan fingerprint density at radius 1 is 1.11 bits per heavy atom. The van der Waals surface area contributed by atoms with Crippen LogP contribution >= 0.6 is 0 Å². The summed E-state index contributed by atoms with van der Waals surface area (Å²) in [5, 5.41) is 3.62. The zero-order valence-corrected chi connectivity index (χ0v) is 22.3. The van der Waals surface area contributed by atoms with Crippen LogP contribution < -0.4 is 10.2 Å². The first-order chi connectivity index (χ1) is 17.2. The quantitative estimate of drug-likeness (QED) is 0.528. The summed E-state index contributed by atoms with van der Waals surface area (Å²) in [5.41, 5.74) is 5.20. The number of imidazole rings is 1. The van der Waals surface area contributed by atoms with E-state index in [0.29, 0.717) is 17.5 Å². The number of aromatic nitrogens is 4. The lowest BCUT2D eigenvalue weighted by Gasteiger charge is -2.33. The largest absolute Gasteiger partial charge is 0.343 e. The molecule has 0 bridgehead atoms. The van der Waals surface area contributed by atoms with Gasteiger partial charge in [-0.1, -0.05) is 32.9 Å². The summed E-state index contributed by atoms with van der Waals surface area (Å²) in [6.45, 7) is 12.5. The maximum atomic E-state index is 11.9. The van der Waals surface area contributed by atoms with E-state index in [0.717, 1.165) is 81.3 Å². The number of hydrogen-bond donors (Lipinski definition) is 1. The van der Waals surface area contributed by atoms with Crippen LogP contribution in [0.15, 0.2) is 24.5 Å². The van der Waals surface area contributed by atoms with Crippen molar-refractivity contribution < 1.29 is 4.79 Å². The number of fused-ring (bicyclic) bond motifs is 1. The van der Waals surface area contributed by atoms with E-state index < -0.39 is 0 Å². The zero-order valence-electron chi connectivity index (χ0n) is 22.3. The second-order valence-electron chi connectivity index (χ2n) is 11.5. The molecule has 1 aromatic carbocycles. The summed E-state index contributed by atoms with van der Waals surface area (Å²) in [5.74, 6) is 2.50. The Kier molecular flexibility index (Phi) is 6.62. The molecule has 2 aliphatic rings. The van der Waals surface area contributed by atoms with Crippen LogP contribution in [0.4, 0.5) is 17.5 Å². The summed E-state index contributed by atoms with van der Waals surface area (Å²) in [7, 11) is 1.98. The molecule has 192 valence electrons. The Bertz CT molecular complexity index is 1250. The van der Waals surface area contributed by atoms with Gasteiger partial charge in [-0.15, -0.1) is 0 Å². The van der Waals surface area contributed by atoms with Crippen molar-refractivity contribution in [3.8, 4) is 0 Å². The number of aryl methyl sites for hydroxylation is 2. The highest BCUT2D eigenvalue weighted by Crippen LogP contribution is 2.32. The van der Waals surface area contributed by atoms with Gasteiger partial charge >= 0.3 is 0 Å². The number of anilines is 3. The average Bonchev–Trinajstić information content (AvgIpc) is 3.43. The molecule has 3 aromatic rings. The van der Waals surface area contributed by atoms with Crippen molar-refractivity contribution in [2.24, 2.45) is 13.0 Å². The number of benzene rings is 1. The smallest absolute Gasteiger partial charge is 0.229 e. The monoisotopic (exact) mass is 489 g/mol. The topological polar surface area (TPSA) is 79.2 Å². The third-order valence-electron chi connectivity index (χ3n) is 7.79. The molecule has 2 fully saturated rings. The number of rotatable bonds is 6. The van der Waals surface area contributed by atoms with Gasteiger partial charge in [0.1, 0.15) is 5.52 Å². The van der Waals surface area contributed by atoms with E-state index in [9.17, 15) is 4.79 Å². The molecule has 0 radical (unpaired) electrons. The van der Waals surface area contributed by atoms with Crippen molar-refractivity contribution in [1.82, 2.24) is 24.4 Å². The highest BCUT2D eigenvalue weighted by atomic mass is 16.2. The molecule has 2 aromatic heterocycles. The van der Waals surface area contributed by atoms with E-state index in [1.807, 2.05) is 16.5 Å². The number of carbonyl (C=O) groups excluding carboxylic acids is 1. The van der Waals surface area contributed by atoms with Crippen LogP contribution in [0.1, 0.15) is 64.0 Å². The van der Waals surface area contributed by atoms with Crippen molar-refractivity contribution >= 4 is 34.5 Å². The number of nitrogens with zero attached hydrogens (tertiary/aromatic N) is 6. The molecule has 4 heterocycles. The van der Waals surface area contributed by atoms with Crippen molar-refractivity contribution in [3.63, 3.8) is 0 Å². The van der Waals surface area contributed by atoms with Gasteiger partial charge in [0.15, 0.2) is 11.5 Å². The van der Waals surface area contributed by atoms with Crippen LogP contribution in [0.5, 0.6) is 0 Å². The van der Waals surface area contributed by atoms with Gasteiger partial charge in [-0.2, -0.15) is 9.97 Å². The molecule has 2 aliphatic heterocycles. The SMILES string of the molecule is Cc1ccc(C(C)(C)C)cc1Nc1nc(N2CCC(CCN3CCCC3=O)CC2)nc2ncn(C)c12. The fourth-order valence-corrected chi connectivity index (χ4v) is 5.33. The van der Waals surface area contributed by atoms with Gasteiger partial charge in [0.2, 0.25) is 11.9 Å². The van der Waals surface area contributed by atoms with Gasteiger partial charge in [-0.3, -0.25) is 4.79 Å². The van der Waals surface area contributed by atoms with Gasteiger partial charge in [0.05, 0.1) is 6.33 Å². The molecule has 0 saturated carbocycles. The Morgan fingerprint density at radius 2 is 1.89 bits per heavy atom. The minimum absolute atomic E-state index is 0.0647. The first-order valence-electron chi connectivity index (χ1n) is 13.3. The fraction of sp³-hybridized carbons (Fsp3) is 0.571. The molecule has 0 spiro atoms. The van der Waals surface area contributed by atoms with Crippen LogP contribution in [0.25, 0.3) is 11.2 Å². The van der Waals surface area contributed by atoms with Crippen molar-refractivity contribution in [1.29, 1.82) is 0 Å². The van der Waals surface area contributed by atoms with Gasteiger partial charge in [0, 0.05) is 45.3 Å². The average molecular weight is 490 g/mol. The number of likely N-dealkylation sites (tertiary alicyclic amines) is 1. The predicted molar refractivity (Wildman–Crippen MR) is 145 cm³/mol. The van der Waals surface area contributed by atoms with Gasteiger partial charge in [-0.05, 0) is 61.1 Å². The molecule has 0 unspecified atom stereocenters. The standard InChI is InChI=1S/C28H39N7O/c1-19-8-9-21(28(2,3)4)17-22(19)30-26-24-25(29-18-33(24)5)31-27(32-26)35-15-11-20(12-16-35)10-14-34-13-6-7-23(34)36/h8-9,17-18,20H,6-7,10-16H2,1-5H3,(H,30,31,32). The van der Waals surface area contributed by atoms with Crippen molar-refractivity contribution in [2.75, 3.05) is 36.4 Å². The number of hydrogen-bond acceptors (Lipinski definition) is 6. The first kappa shape index (κ1) is 24.5. The Balaban J connectivity index is 1.34. The molecule has 5 rings (SSSR count). The number of piperidine rings is 1. The molecule has 36 heavy (non-hydrogen) atoms. The van der Waals surface area contributed by atoms with E-state index in [4.69, 9.17) is 9.97 Å². The van der Waals surface area contributed by atoms with Gasteiger partial charge in [0.25, 0.3) is 0 Å². The summed E-state index contributed by atoms with van der Waals surface area (Å²) in [6.07, 6.45) is 6.83. The van der Waals surface area contributed by atoms with Crippen LogP contribution in [0.3, 0.4) is 0 Å². The van der Waals surface area contributed by atoms with Crippen LogP contribution in [0.2, 0.25) is 0 Å². The Morgan fingerprint density at radius 3 is 2.58 bits per heavy atom. The molecule has 8 nitrogen and oxygen atoms in total. The minimum atomic E-state index is 0.0647. The van der Waals surface area contributed by atoms with Gasteiger partial charge in [-0.25, -0.2) is 4.98 Å². The summed E-state index contributed by atoms with van der Waals surface area (Å²) < 4.78 is 1.98. The molecule has 0 aliphatic carbocycles. The molecule has 8 heteroatoms. The van der Waals surface area contributed by atoms with Crippen molar-refractivity contribution in [3.05, 3.63) is 35.7 Å². The number of nitrogens with one attached hydrogen (secondary N) is 1. The van der Waals surface area contributed by atoms with Crippen LogP contribution in [-0.2, 0) is 17.3 Å². The van der Waals surface area contributed by atoms with E-state index in [-0.39, 0.29) is 5.41 Å². The van der Waals surface area contributed by atoms with Crippen LogP contribution in [0, 0.1) is 12.8 Å². The molecule has 0 atom stereocenters. The maximum absolute atomic E-state index is 11.9. The predicted octanol–water partition coefficient (Wildman–Crippen LogP) is 4.94. The third-order valence-corrected chi connectivity index (χ3v) is 7.79. The Labute approximate surface area is 214 Å². The lowest BCUT2D eigenvalue weighted by Crippen LogP contribution is -2.36. The lowest BCUT2D eigenvalue weighted by molar-refractivity contribution is -0.127. The van der Waals surface area contributed by atoms with E-state index >= 15 is 0 Å². The van der Waals surface area contributed by atoms with E-state index in [1.54, 1.807) is 6.33 Å². The normalized spacial score (nSPS) is 17.4. The van der Waals surface area contributed by atoms with Crippen LogP contribution in [-0.4, -0.2) is 56.5 Å². The highest BCUT2D eigenvalue weighted by molar-refractivity contribution is 5.87. The second-order valence-corrected chi connectivity index (χ2v) is 11.5. The zero-order chi connectivity index (χ0) is 25.4. The molecule has 1 amide bonds. The molecular weight excluding hydrogens is 450 g/mol. The van der Waals surface area contributed by atoms with Gasteiger partial charge < -0.3 is 19.7 Å². The Hall–Kier alpha value is -3.16. The van der Waals surface area contributed by atoms with Crippen molar-refractivity contribution in [2.45, 2.75) is 65.2 Å². The summed E-state index contributed by atoms with van der Waals surface area (Å²) in [6, 6.07) is 6.61. The molecular formula is C28H39N7O. The molecule has 2 saturated heterocycles. The minimum Gasteiger partial charge on any atom is -0.343 e. The summed E-state index contributed by atoms with van der Waals surface area (Å²) >= 11 is 0. The first-order valence-corrected chi connectivity index (χ1v) is 13.3. The maximum Gasteiger partial charge on any atom is 0.229 e. The van der Waals surface area contributed by atoms with E-state index in [1.165, 1.54) is 11.1 Å². The highest BCUT2D eigenvalue weighted by Gasteiger charge is 2.26. The summed E-state index contributed by atoms with van der Waals surface area (Å²) in [4.78, 5) is 30.7. The van der Waals surface area contributed by atoms with E-state index in [2.05, 4.69) is 61.1 Å². The fourth-order valence-electron chi connectivity index (χ4n) is 5.33. The number of amides is 1. The molecule has 1 N–H and O–H groups in total. The number of carbonyl (C=O) groups is 1.